The number of aromatic nitrogens is 2. The standard InChI is InChI=1S/C18H22N4O3S/c1-18(2)12-14-4-3-5-15(17(14)25-18)26(23,24)22-10-8-21(9-11-22)16-13-19-6-7-20-16/h3-7,13H,8-12H2,1-2H3. The van der Waals surface area contributed by atoms with Crippen molar-refractivity contribution in [2.24, 2.45) is 0 Å². The molecule has 3 heterocycles. The fraction of sp³-hybridized carbons (Fsp3) is 0.444. The molecule has 1 saturated heterocycles. The number of hydrogen-bond donors (Lipinski definition) is 0. The maximum atomic E-state index is 13.2. The molecule has 1 aromatic heterocycles. The molecule has 0 unspecified atom stereocenters. The number of benzene rings is 1. The molecular formula is C18H22N4O3S. The van der Waals surface area contributed by atoms with Crippen LogP contribution in [0.1, 0.15) is 19.4 Å². The van der Waals surface area contributed by atoms with Crippen LogP contribution < -0.4 is 9.64 Å². The molecule has 0 bridgehead atoms. The summed E-state index contributed by atoms with van der Waals surface area (Å²) < 4.78 is 33.9. The van der Waals surface area contributed by atoms with Gasteiger partial charge in [0.15, 0.2) is 0 Å². The maximum absolute atomic E-state index is 13.2. The zero-order valence-corrected chi connectivity index (χ0v) is 15.7. The molecule has 7 nitrogen and oxygen atoms in total. The molecule has 0 atom stereocenters. The van der Waals surface area contributed by atoms with Gasteiger partial charge in [-0.1, -0.05) is 12.1 Å². The molecule has 1 aromatic carbocycles. The first-order valence-electron chi connectivity index (χ1n) is 8.69. The zero-order valence-electron chi connectivity index (χ0n) is 14.9. The van der Waals surface area contributed by atoms with Gasteiger partial charge in [0.2, 0.25) is 10.0 Å². The Bertz CT molecular complexity index is 907. The Morgan fingerprint density at radius 3 is 2.58 bits per heavy atom. The van der Waals surface area contributed by atoms with E-state index >= 15 is 0 Å². The Morgan fingerprint density at radius 2 is 1.88 bits per heavy atom. The average molecular weight is 374 g/mol. The highest BCUT2D eigenvalue weighted by molar-refractivity contribution is 7.89. The van der Waals surface area contributed by atoms with E-state index in [4.69, 9.17) is 4.74 Å². The van der Waals surface area contributed by atoms with Crippen molar-refractivity contribution in [3.63, 3.8) is 0 Å². The van der Waals surface area contributed by atoms with Crippen LogP contribution in [-0.4, -0.2) is 54.5 Å². The molecule has 4 rings (SSSR count). The van der Waals surface area contributed by atoms with Crippen LogP contribution in [0, 0.1) is 0 Å². The normalized spacial score (nSPS) is 19.8. The van der Waals surface area contributed by atoms with Crippen LogP contribution in [0.5, 0.6) is 5.75 Å². The van der Waals surface area contributed by atoms with Gasteiger partial charge in [-0.25, -0.2) is 13.4 Å². The summed E-state index contributed by atoms with van der Waals surface area (Å²) in [5.41, 5.74) is 0.577. The summed E-state index contributed by atoms with van der Waals surface area (Å²) in [7, 11) is -3.60. The number of sulfonamides is 1. The fourth-order valence-corrected chi connectivity index (χ4v) is 5.12. The Balaban J connectivity index is 1.56. The zero-order chi connectivity index (χ0) is 18.4. The summed E-state index contributed by atoms with van der Waals surface area (Å²) in [6, 6.07) is 5.38. The second-order valence-electron chi connectivity index (χ2n) is 7.24. The highest BCUT2D eigenvalue weighted by Crippen LogP contribution is 2.40. The second-order valence-corrected chi connectivity index (χ2v) is 9.14. The van der Waals surface area contributed by atoms with Crippen molar-refractivity contribution in [1.29, 1.82) is 0 Å². The summed E-state index contributed by atoms with van der Waals surface area (Å²) in [6.07, 6.45) is 5.68. The lowest BCUT2D eigenvalue weighted by Crippen LogP contribution is -2.49. The van der Waals surface area contributed by atoms with Crippen molar-refractivity contribution in [1.82, 2.24) is 14.3 Å². The molecule has 0 aliphatic carbocycles. The van der Waals surface area contributed by atoms with Gasteiger partial charge in [0.05, 0.1) is 6.20 Å². The van der Waals surface area contributed by atoms with Crippen molar-refractivity contribution in [2.75, 3.05) is 31.1 Å². The van der Waals surface area contributed by atoms with Gasteiger partial charge in [-0.05, 0) is 25.5 Å². The number of ether oxygens (including phenoxy) is 1. The van der Waals surface area contributed by atoms with Crippen molar-refractivity contribution in [3.8, 4) is 5.75 Å². The monoisotopic (exact) mass is 374 g/mol. The minimum Gasteiger partial charge on any atom is -0.486 e. The molecule has 0 amide bonds. The SMILES string of the molecule is CC1(C)Cc2cccc(S(=O)(=O)N3CCN(c4cnccn4)CC3)c2O1. The summed E-state index contributed by atoms with van der Waals surface area (Å²) >= 11 is 0. The van der Waals surface area contributed by atoms with Crippen LogP contribution in [0.25, 0.3) is 0 Å². The number of para-hydroxylation sites is 1. The van der Waals surface area contributed by atoms with E-state index in [0.717, 1.165) is 11.4 Å². The topological polar surface area (TPSA) is 75.6 Å². The Kier molecular flexibility index (Phi) is 4.11. The number of rotatable bonds is 3. The van der Waals surface area contributed by atoms with Crippen molar-refractivity contribution < 1.29 is 13.2 Å². The van der Waals surface area contributed by atoms with E-state index in [1.54, 1.807) is 30.7 Å². The number of nitrogens with zero attached hydrogens (tertiary/aromatic N) is 4. The van der Waals surface area contributed by atoms with Gasteiger partial charge >= 0.3 is 0 Å². The lowest BCUT2D eigenvalue weighted by atomic mass is 10.0. The minimum absolute atomic E-state index is 0.272. The van der Waals surface area contributed by atoms with E-state index in [1.807, 2.05) is 24.8 Å². The maximum Gasteiger partial charge on any atom is 0.246 e. The smallest absolute Gasteiger partial charge is 0.246 e. The summed E-state index contributed by atoms with van der Waals surface area (Å²) in [6.45, 7) is 5.93. The van der Waals surface area contributed by atoms with Crippen molar-refractivity contribution in [2.45, 2.75) is 30.8 Å². The third kappa shape index (κ3) is 3.03. The summed E-state index contributed by atoms with van der Waals surface area (Å²) in [4.78, 5) is 10.7. The highest BCUT2D eigenvalue weighted by Gasteiger charge is 2.37. The summed E-state index contributed by atoms with van der Waals surface area (Å²) in [5, 5.41) is 0. The molecule has 2 aliphatic rings. The molecule has 0 N–H and O–H groups in total. The van der Waals surface area contributed by atoms with Crippen LogP contribution >= 0.6 is 0 Å². The van der Waals surface area contributed by atoms with Crippen molar-refractivity contribution >= 4 is 15.8 Å². The number of hydrogen-bond acceptors (Lipinski definition) is 6. The lowest BCUT2D eigenvalue weighted by Gasteiger charge is -2.34. The Labute approximate surface area is 153 Å². The van der Waals surface area contributed by atoms with E-state index < -0.39 is 10.0 Å². The predicted molar refractivity (Wildman–Crippen MR) is 97.9 cm³/mol. The molecule has 8 heteroatoms. The molecule has 0 radical (unpaired) electrons. The predicted octanol–water partition coefficient (Wildman–Crippen LogP) is 1.70. The Hall–Kier alpha value is -2.19. The Morgan fingerprint density at radius 1 is 1.12 bits per heavy atom. The molecule has 2 aromatic rings. The van der Waals surface area contributed by atoms with E-state index in [0.29, 0.717) is 38.3 Å². The first-order chi connectivity index (χ1) is 12.4. The van der Waals surface area contributed by atoms with E-state index in [2.05, 4.69) is 9.97 Å². The highest BCUT2D eigenvalue weighted by atomic mass is 32.2. The largest absolute Gasteiger partial charge is 0.486 e. The third-order valence-electron chi connectivity index (χ3n) is 4.78. The van der Waals surface area contributed by atoms with Crippen LogP contribution in [0.2, 0.25) is 0 Å². The van der Waals surface area contributed by atoms with Gasteiger partial charge in [0.25, 0.3) is 0 Å². The van der Waals surface area contributed by atoms with Gasteiger partial charge in [0, 0.05) is 45.0 Å². The molecule has 1 fully saturated rings. The molecular weight excluding hydrogens is 352 g/mol. The van der Waals surface area contributed by atoms with Crippen LogP contribution in [0.15, 0.2) is 41.7 Å². The first-order valence-corrected chi connectivity index (χ1v) is 10.1. The van der Waals surface area contributed by atoms with E-state index in [1.165, 1.54) is 4.31 Å². The van der Waals surface area contributed by atoms with Gasteiger partial charge < -0.3 is 9.64 Å². The van der Waals surface area contributed by atoms with Crippen LogP contribution in [0.4, 0.5) is 5.82 Å². The average Bonchev–Trinajstić information content (AvgIpc) is 2.96. The molecule has 0 saturated carbocycles. The number of fused-ring (bicyclic) bond motifs is 1. The van der Waals surface area contributed by atoms with Crippen LogP contribution in [-0.2, 0) is 16.4 Å². The fourth-order valence-electron chi connectivity index (χ4n) is 3.54. The van der Waals surface area contributed by atoms with Gasteiger partial charge in [-0.2, -0.15) is 4.31 Å². The molecule has 138 valence electrons. The molecule has 0 spiro atoms. The van der Waals surface area contributed by atoms with Gasteiger partial charge in [-0.15, -0.1) is 0 Å². The quantitative estimate of drug-likeness (QED) is 0.814. The van der Waals surface area contributed by atoms with E-state index in [9.17, 15) is 8.42 Å². The number of piperazine rings is 1. The molecule has 26 heavy (non-hydrogen) atoms. The van der Waals surface area contributed by atoms with Gasteiger partial charge in [-0.3, -0.25) is 4.98 Å². The third-order valence-corrected chi connectivity index (χ3v) is 6.71. The summed E-state index contributed by atoms with van der Waals surface area (Å²) in [5.74, 6) is 1.28. The second kappa shape index (κ2) is 6.21. The first kappa shape index (κ1) is 17.2. The lowest BCUT2D eigenvalue weighted by molar-refractivity contribution is 0.134. The van der Waals surface area contributed by atoms with Crippen molar-refractivity contribution in [3.05, 3.63) is 42.4 Å². The minimum atomic E-state index is -3.60. The molecule has 2 aliphatic heterocycles. The van der Waals surface area contributed by atoms with E-state index in [-0.39, 0.29) is 10.5 Å². The van der Waals surface area contributed by atoms with Gasteiger partial charge in [0.1, 0.15) is 22.1 Å². The van der Waals surface area contributed by atoms with Crippen LogP contribution in [0.3, 0.4) is 0 Å². The number of anilines is 1.